The van der Waals surface area contributed by atoms with E-state index in [0.717, 1.165) is 0 Å². The van der Waals surface area contributed by atoms with Gasteiger partial charge in [0, 0.05) is 5.75 Å². The van der Waals surface area contributed by atoms with Gasteiger partial charge in [-0.1, -0.05) is 60.7 Å². The van der Waals surface area contributed by atoms with Gasteiger partial charge in [-0.25, -0.2) is 0 Å². The van der Waals surface area contributed by atoms with E-state index in [2.05, 4.69) is 54.6 Å². The minimum absolute atomic E-state index is 0.102. The minimum atomic E-state index is -0.954. The van der Waals surface area contributed by atoms with Crippen molar-refractivity contribution in [3.8, 4) is 11.1 Å². The number of carboxylic acid groups (broad SMARTS) is 1. The van der Waals surface area contributed by atoms with Gasteiger partial charge < -0.3 is 10.8 Å². The molecular formula is C20H17NO2S. The van der Waals surface area contributed by atoms with Crippen LogP contribution in [0.5, 0.6) is 0 Å². The van der Waals surface area contributed by atoms with Gasteiger partial charge in [-0.3, -0.25) is 4.79 Å². The summed E-state index contributed by atoms with van der Waals surface area (Å²) in [5.74, 6) is -0.572. The third-order valence-electron chi connectivity index (χ3n) is 4.51. The first-order chi connectivity index (χ1) is 11.7. The van der Waals surface area contributed by atoms with Gasteiger partial charge in [0.25, 0.3) is 0 Å². The van der Waals surface area contributed by atoms with Crippen LogP contribution in [0.1, 0.15) is 16.4 Å². The summed E-state index contributed by atoms with van der Waals surface area (Å²) in [5, 5.41) is 11.7. The van der Waals surface area contributed by atoms with Gasteiger partial charge in [-0.05, 0) is 33.0 Å². The number of rotatable bonds is 4. The normalized spacial score (nSPS) is 16.6. The van der Waals surface area contributed by atoms with Gasteiger partial charge in [-0.2, -0.15) is 0 Å². The number of hydrogen-bond acceptors (Lipinski definition) is 3. The van der Waals surface area contributed by atoms with Crippen molar-refractivity contribution in [1.29, 1.82) is 0 Å². The number of fused-ring (bicyclic) bond motifs is 2. The summed E-state index contributed by atoms with van der Waals surface area (Å²) in [6, 6.07) is 20.2. The summed E-state index contributed by atoms with van der Waals surface area (Å²) < 4.78 is 0. The molecule has 3 nitrogen and oxygen atoms in total. The third-order valence-corrected chi connectivity index (χ3v) is 5.91. The predicted octanol–water partition coefficient (Wildman–Crippen LogP) is 4.05. The molecule has 2 atom stereocenters. The lowest BCUT2D eigenvalue weighted by atomic mass is 9.83. The van der Waals surface area contributed by atoms with E-state index >= 15 is 0 Å². The van der Waals surface area contributed by atoms with Crippen LogP contribution < -0.4 is 5.73 Å². The van der Waals surface area contributed by atoms with Crippen LogP contribution >= 0.6 is 11.8 Å². The topological polar surface area (TPSA) is 63.3 Å². The second kappa shape index (κ2) is 5.96. The number of hydrogen-bond donors (Lipinski definition) is 2. The summed E-state index contributed by atoms with van der Waals surface area (Å²) in [4.78, 5) is 11.1. The fourth-order valence-electron chi connectivity index (χ4n) is 3.40. The van der Waals surface area contributed by atoms with Crippen molar-refractivity contribution < 1.29 is 9.90 Å². The van der Waals surface area contributed by atoms with Crippen molar-refractivity contribution in [2.75, 3.05) is 5.75 Å². The molecule has 0 fully saturated rings. The van der Waals surface area contributed by atoms with Crippen LogP contribution in [0.15, 0.2) is 60.7 Å². The van der Waals surface area contributed by atoms with E-state index in [1.807, 2.05) is 6.07 Å². The van der Waals surface area contributed by atoms with E-state index in [9.17, 15) is 4.79 Å². The zero-order chi connectivity index (χ0) is 16.7. The first-order valence-corrected chi connectivity index (χ1v) is 8.92. The Bertz CT molecular complexity index is 933. The summed E-state index contributed by atoms with van der Waals surface area (Å²) in [6.45, 7) is 0. The lowest BCUT2D eigenvalue weighted by Gasteiger charge is -2.28. The molecule has 0 saturated heterocycles. The molecule has 0 aliphatic heterocycles. The van der Waals surface area contributed by atoms with Crippen molar-refractivity contribution in [2.45, 2.75) is 11.3 Å². The number of benzene rings is 3. The highest BCUT2D eigenvalue weighted by atomic mass is 32.2. The molecule has 1 aliphatic carbocycles. The van der Waals surface area contributed by atoms with Crippen molar-refractivity contribution >= 4 is 28.5 Å². The van der Waals surface area contributed by atoms with Crippen molar-refractivity contribution in [3.63, 3.8) is 0 Å². The first kappa shape index (κ1) is 15.2. The van der Waals surface area contributed by atoms with E-state index < -0.39 is 12.0 Å². The molecule has 0 radical (unpaired) electrons. The maximum absolute atomic E-state index is 11.1. The van der Waals surface area contributed by atoms with E-state index in [1.54, 1.807) is 11.8 Å². The van der Waals surface area contributed by atoms with Crippen LogP contribution in [0.4, 0.5) is 0 Å². The van der Waals surface area contributed by atoms with Gasteiger partial charge in [0.05, 0.1) is 5.25 Å². The van der Waals surface area contributed by atoms with Gasteiger partial charge in [0.2, 0.25) is 0 Å². The molecule has 0 spiro atoms. The highest BCUT2D eigenvalue weighted by Crippen LogP contribution is 2.49. The van der Waals surface area contributed by atoms with Crippen molar-refractivity contribution in [1.82, 2.24) is 0 Å². The van der Waals surface area contributed by atoms with Crippen molar-refractivity contribution in [3.05, 3.63) is 71.8 Å². The molecule has 1 aliphatic rings. The predicted molar refractivity (Wildman–Crippen MR) is 99.3 cm³/mol. The largest absolute Gasteiger partial charge is 0.480 e. The van der Waals surface area contributed by atoms with Crippen LogP contribution in [-0.4, -0.2) is 22.9 Å². The number of carboxylic acids is 1. The Hall–Kier alpha value is -2.30. The smallest absolute Gasteiger partial charge is 0.321 e. The van der Waals surface area contributed by atoms with Crippen LogP contribution in [0, 0.1) is 0 Å². The summed E-state index contributed by atoms with van der Waals surface area (Å²) in [5.41, 5.74) is 10.7. The Morgan fingerprint density at radius 3 is 2.46 bits per heavy atom. The summed E-state index contributed by atoms with van der Waals surface area (Å²) >= 11 is 1.61. The molecule has 120 valence electrons. The Morgan fingerprint density at radius 2 is 1.67 bits per heavy atom. The Kier molecular flexibility index (Phi) is 3.79. The molecule has 2 unspecified atom stereocenters. The lowest BCUT2D eigenvalue weighted by Crippen LogP contribution is -2.32. The van der Waals surface area contributed by atoms with Gasteiger partial charge in [-0.15, -0.1) is 11.8 Å². The molecule has 0 aromatic heterocycles. The van der Waals surface area contributed by atoms with E-state index in [-0.39, 0.29) is 5.25 Å². The summed E-state index contributed by atoms with van der Waals surface area (Å²) in [6.07, 6.45) is 0. The number of nitrogens with two attached hydrogens (primary N) is 1. The highest BCUT2D eigenvalue weighted by Gasteiger charge is 2.28. The molecule has 4 heteroatoms. The SMILES string of the molecule is NC(CSC1c2ccccc2-c2cccc3cccc1c23)C(=O)O. The molecule has 3 aromatic rings. The molecule has 3 aromatic carbocycles. The third kappa shape index (κ3) is 2.39. The van der Waals surface area contributed by atoms with Gasteiger partial charge >= 0.3 is 5.97 Å². The van der Waals surface area contributed by atoms with Crippen LogP contribution in [0.25, 0.3) is 21.9 Å². The second-order valence-corrected chi connectivity index (χ2v) is 7.13. The molecule has 4 rings (SSSR count). The second-order valence-electron chi connectivity index (χ2n) is 6.00. The summed E-state index contributed by atoms with van der Waals surface area (Å²) in [7, 11) is 0. The van der Waals surface area contributed by atoms with Gasteiger partial charge in [0.1, 0.15) is 6.04 Å². The molecule has 3 N–H and O–H groups in total. The molecule has 0 amide bonds. The fourth-order valence-corrected chi connectivity index (χ4v) is 4.71. The van der Waals surface area contributed by atoms with Gasteiger partial charge in [0.15, 0.2) is 0 Å². The van der Waals surface area contributed by atoms with Crippen molar-refractivity contribution in [2.24, 2.45) is 5.73 Å². The maximum atomic E-state index is 11.1. The van der Waals surface area contributed by atoms with E-state index in [4.69, 9.17) is 10.8 Å². The fraction of sp³-hybridized carbons (Fsp3) is 0.150. The maximum Gasteiger partial charge on any atom is 0.321 e. The minimum Gasteiger partial charge on any atom is -0.480 e. The first-order valence-electron chi connectivity index (χ1n) is 7.88. The zero-order valence-corrected chi connectivity index (χ0v) is 13.8. The molecular weight excluding hydrogens is 318 g/mol. The number of aliphatic carboxylic acids is 1. The van der Waals surface area contributed by atoms with E-state index in [1.165, 1.54) is 33.0 Å². The van der Waals surface area contributed by atoms with Crippen LogP contribution in [0.3, 0.4) is 0 Å². The monoisotopic (exact) mass is 335 g/mol. The molecule has 0 saturated carbocycles. The Labute approximate surface area is 144 Å². The lowest BCUT2D eigenvalue weighted by molar-refractivity contribution is -0.137. The van der Waals surface area contributed by atoms with Crippen LogP contribution in [-0.2, 0) is 4.79 Å². The zero-order valence-electron chi connectivity index (χ0n) is 13.0. The standard InChI is InChI=1S/C20H17NO2S/c21-17(20(22)23)11-24-19-15-8-2-1-7-13(15)14-9-3-5-12-6-4-10-16(19)18(12)14/h1-10,17,19H,11,21H2,(H,22,23). The van der Waals surface area contributed by atoms with Crippen LogP contribution in [0.2, 0.25) is 0 Å². The molecule has 0 bridgehead atoms. The molecule has 0 heterocycles. The molecule has 24 heavy (non-hydrogen) atoms. The Balaban J connectivity index is 1.88. The average Bonchev–Trinajstić information content (AvgIpc) is 2.61. The number of thioether (sulfide) groups is 1. The number of carbonyl (C=O) groups is 1. The average molecular weight is 335 g/mol. The Morgan fingerprint density at radius 1 is 1.00 bits per heavy atom. The highest BCUT2D eigenvalue weighted by molar-refractivity contribution is 7.99. The quantitative estimate of drug-likeness (QED) is 0.755. The van der Waals surface area contributed by atoms with E-state index in [0.29, 0.717) is 5.75 Å².